The average Bonchev–Trinajstić information content (AvgIpc) is 2.28. The Labute approximate surface area is 98.8 Å². The number of hydrogen-bond donors (Lipinski definition) is 1. The molecule has 0 atom stereocenters. The monoisotopic (exact) mass is 234 g/mol. The number of anilines is 1. The normalized spacial score (nSPS) is 10.1. The summed E-state index contributed by atoms with van der Waals surface area (Å²) >= 11 is 5.85. The van der Waals surface area contributed by atoms with Gasteiger partial charge in [-0.3, -0.25) is 0 Å². The van der Waals surface area contributed by atoms with Crippen molar-refractivity contribution in [2.24, 2.45) is 0 Å². The highest BCUT2D eigenvalue weighted by Crippen LogP contribution is 2.25. The highest BCUT2D eigenvalue weighted by Gasteiger charge is 2.03. The maximum atomic E-state index is 5.85. The van der Waals surface area contributed by atoms with Crippen LogP contribution in [0.25, 0.3) is 11.3 Å². The first kappa shape index (κ1) is 10.8. The van der Waals surface area contributed by atoms with Crippen LogP contribution >= 0.6 is 11.6 Å². The van der Waals surface area contributed by atoms with Crippen LogP contribution in [0.1, 0.15) is 0 Å². The fraction of sp³-hybridized carbons (Fsp3) is 0.0833. The smallest absolute Gasteiger partial charge is 0.131 e. The minimum absolute atomic E-state index is 0.387. The summed E-state index contributed by atoms with van der Waals surface area (Å²) in [5.74, 6) is 0.776. The second-order valence-electron chi connectivity index (χ2n) is 3.34. The van der Waals surface area contributed by atoms with E-state index in [2.05, 4.69) is 4.98 Å². The van der Waals surface area contributed by atoms with Gasteiger partial charge in [0.2, 0.25) is 0 Å². The van der Waals surface area contributed by atoms with Crippen LogP contribution in [0, 0.1) is 0 Å². The summed E-state index contributed by atoms with van der Waals surface area (Å²) in [6.45, 7) is 0. The van der Waals surface area contributed by atoms with E-state index in [-0.39, 0.29) is 0 Å². The lowest BCUT2D eigenvalue weighted by Crippen LogP contribution is -1.91. The average molecular weight is 235 g/mol. The quantitative estimate of drug-likeness (QED) is 0.813. The van der Waals surface area contributed by atoms with E-state index in [4.69, 9.17) is 22.1 Å². The third kappa shape index (κ3) is 2.25. The van der Waals surface area contributed by atoms with Gasteiger partial charge in [-0.1, -0.05) is 23.7 Å². The highest BCUT2D eigenvalue weighted by atomic mass is 35.5. The molecule has 0 saturated carbocycles. The zero-order chi connectivity index (χ0) is 11.5. The van der Waals surface area contributed by atoms with Crippen molar-refractivity contribution in [3.63, 3.8) is 0 Å². The molecule has 2 N–H and O–H groups in total. The van der Waals surface area contributed by atoms with E-state index in [1.165, 1.54) is 0 Å². The molecular weight excluding hydrogens is 224 g/mol. The van der Waals surface area contributed by atoms with Crippen LogP contribution < -0.4 is 10.5 Å². The number of ether oxygens (including phenoxy) is 1. The zero-order valence-corrected chi connectivity index (χ0v) is 9.53. The molecule has 0 aliphatic heterocycles. The summed E-state index contributed by atoms with van der Waals surface area (Å²) in [7, 11) is 1.62. The van der Waals surface area contributed by atoms with E-state index in [1.807, 2.05) is 24.3 Å². The molecular formula is C12H11ClN2O. The summed E-state index contributed by atoms with van der Waals surface area (Å²) in [5.41, 5.74) is 7.97. The van der Waals surface area contributed by atoms with Gasteiger partial charge in [0.1, 0.15) is 10.9 Å². The molecule has 1 aromatic carbocycles. The van der Waals surface area contributed by atoms with Gasteiger partial charge in [-0.2, -0.15) is 0 Å². The Morgan fingerprint density at radius 2 is 2.06 bits per heavy atom. The van der Waals surface area contributed by atoms with E-state index in [9.17, 15) is 0 Å². The summed E-state index contributed by atoms with van der Waals surface area (Å²) in [5, 5.41) is 0.387. The van der Waals surface area contributed by atoms with E-state index in [0.717, 1.165) is 17.0 Å². The van der Waals surface area contributed by atoms with Crippen molar-refractivity contribution in [1.29, 1.82) is 0 Å². The maximum Gasteiger partial charge on any atom is 0.131 e. The van der Waals surface area contributed by atoms with Gasteiger partial charge >= 0.3 is 0 Å². The van der Waals surface area contributed by atoms with Crippen LogP contribution in [0.4, 0.5) is 5.69 Å². The fourth-order valence-electron chi connectivity index (χ4n) is 1.45. The number of aromatic nitrogens is 1. The van der Waals surface area contributed by atoms with Gasteiger partial charge in [0, 0.05) is 11.3 Å². The molecule has 0 amide bonds. The highest BCUT2D eigenvalue weighted by molar-refractivity contribution is 6.29. The van der Waals surface area contributed by atoms with Crippen molar-refractivity contribution in [2.75, 3.05) is 12.8 Å². The molecule has 2 aromatic rings. The van der Waals surface area contributed by atoms with E-state index in [0.29, 0.717) is 10.8 Å². The maximum absolute atomic E-state index is 5.85. The molecule has 0 radical (unpaired) electrons. The first-order valence-corrected chi connectivity index (χ1v) is 5.14. The van der Waals surface area contributed by atoms with Crippen LogP contribution in [-0.4, -0.2) is 12.1 Å². The first-order chi connectivity index (χ1) is 7.69. The molecule has 82 valence electrons. The van der Waals surface area contributed by atoms with E-state index >= 15 is 0 Å². The van der Waals surface area contributed by atoms with Gasteiger partial charge in [0.25, 0.3) is 0 Å². The Bertz CT molecular complexity index is 494. The summed E-state index contributed by atoms with van der Waals surface area (Å²) in [6.07, 6.45) is 0. The van der Waals surface area contributed by atoms with Crippen LogP contribution in [0.15, 0.2) is 36.4 Å². The largest absolute Gasteiger partial charge is 0.497 e. The molecule has 4 heteroatoms. The van der Waals surface area contributed by atoms with Crippen molar-refractivity contribution >= 4 is 17.3 Å². The topological polar surface area (TPSA) is 48.1 Å². The molecule has 0 spiro atoms. The number of nitrogens with zero attached hydrogens (tertiary/aromatic N) is 1. The van der Waals surface area contributed by atoms with Crippen LogP contribution in [0.5, 0.6) is 5.75 Å². The van der Waals surface area contributed by atoms with Crippen LogP contribution in [-0.2, 0) is 0 Å². The van der Waals surface area contributed by atoms with Crippen molar-refractivity contribution < 1.29 is 4.74 Å². The Morgan fingerprint density at radius 3 is 2.75 bits per heavy atom. The van der Waals surface area contributed by atoms with E-state index in [1.54, 1.807) is 19.2 Å². The Morgan fingerprint density at radius 1 is 1.25 bits per heavy atom. The summed E-state index contributed by atoms with van der Waals surface area (Å²) < 4.78 is 5.14. The third-order valence-corrected chi connectivity index (χ3v) is 2.38. The molecule has 1 aromatic heterocycles. The minimum Gasteiger partial charge on any atom is -0.497 e. The fourth-order valence-corrected chi connectivity index (χ4v) is 1.66. The molecule has 0 aliphatic rings. The number of methoxy groups -OCH3 is 1. The summed E-state index contributed by atoms with van der Waals surface area (Å²) in [4.78, 5) is 4.21. The number of pyridine rings is 1. The Kier molecular flexibility index (Phi) is 2.97. The minimum atomic E-state index is 0.387. The molecule has 3 nitrogen and oxygen atoms in total. The lowest BCUT2D eigenvalue weighted by atomic mass is 10.1. The number of rotatable bonds is 2. The zero-order valence-electron chi connectivity index (χ0n) is 8.77. The van der Waals surface area contributed by atoms with Gasteiger partial charge in [-0.25, -0.2) is 4.98 Å². The van der Waals surface area contributed by atoms with Crippen LogP contribution in [0.3, 0.4) is 0 Å². The van der Waals surface area contributed by atoms with Gasteiger partial charge in [-0.15, -0.1) is 0 Å². The van der Waals surface area contributed by atoms with Gasteiger partial charge in [-0.05, 0) is 24.3 Å². The number of halogens is 1. The number of hydrogen-bond acceptors (Lipinski definition) is 3. The second-order valence-corrected chi connectivity index (χ2v) is 3.73. The van der Waals surface area contributed by atoms with E-state index < -0.39 is 0 Å². The standard InChI is InChI=1S/C12H11ClN2O/c1-16-10-4-2-3-8(5-10)11-6-9(14)7-12(13)15-11/h2-7H,1H3,(H2,14,15). The van der Waals surface area contributed by atoms with Crippen molar-refractivity contribution in [2.45, 2.75) is 0 Å². The molecule has 0 aliphatic carbocycles. The Hall–Kier alpha value is -1.74. The molecule has 0 bridgehead atoms. The van der Waals surface area contributed by atoms with Gasteiger partial charge < -0.3 is 10.5 Å². The van der Waals surface area contributed by atoms with Gasteiger partial charge in [0.05, 0.1) is 12.8 Å². The number of nitrogen functional groups attached to an aromatic ring is 1. The predicted octanol–water partition coefficient (Wildman–Crippen LogP) is 2.99. The second kappa shape index (κ2) is 4.41. The summed E-state index contributed by atoms with van der Waals surface area (Å²) in [6, 6.07) is 11.0. The Balaban J connectivity index is 2.49. The lowest BCUT2D eigenvalue weighted by molar-refractivity contribution is 0.415. The number of benzene rings is 1. The van der Waals surface area contributed by atoms with Crippen molar-refractivity contribution in [1.82, 2.24) is 4.98 Å². The SMILES string of the molecule is COc1cccc(-c2cc(N)cc(Cl)n2)c1. The molecule has 2 rings (SSSR count). The molecule has 0 fully saturated rings. The third-order valence-electron chi connectivity index (χ3n) is 2.18. The first-order valence-electron chi connectivity index (χ1n) is 4.76. The van der Waals surface area contributed by atoms with Gasteiger partial charge in [0.15, 0.2) is 0 Å². The molecule has 0 unspecified atom stereocenters. The molecule has 1 heterocycles. The predicted molar refractivity (Wildman–Crippen MR) is 65.6 cm³/mol. The molecule has 16 heavy (non-hydrogen) atoms. The molecule has 0 saturated heterocycles. The van der Waals surface area contributed by atoms with Crippen molar-refractivity contribution in [3.8, 4) is 17.0 Å². The lowest BCUT2D eigenvalue weighted by Gasteiger charge is -2.05. The van der Waals surface area contributed by atoms with Crippen molar-refractivity contribution in [3.05, 3.63) is 41.6 Å². The number of nitrogens with two attached hydrogens (primary N) is 1. The van der Waals surface area contributed by atoms with Crippen LogP contribution in [0.2, 0.25) is 5.15 Å².